The minimum Gasteiger partial charge on any atom is -0.205 e. The van der Waals surface area contributed by atoms with Crippen molar-refractivity contribution in [2.75, 3.05) is 0 Å². The number of nitrogens with zero attached hydrogens (tertiary/aromatic N) is 1. The minimum absolute atomic E-state index is 1.20. The Kier molecular flexibility index (Phi) is 27.9. The monoisotopic (exact) mass is 543 g/mol. The third-order valence-electron chi connectivity index (χ3n) is 8.76. The zero-order chi connectivity index (χ0) is 27.9. The minimum atomic E-state index is 1.20. The van der Waals surface area contributed by atoms with Gasteiger partial charge in [-0.2, -0.15) is 0 Å². The second-order valence-corrected chi connectivity index (χ2v) is 12.7. The summed E-state index contributed by atoms with van der Waals surface area (Å²) < 4.78 is 2.45. The second-order valence-electron chi connectivity index (χ2n) is 12.7. The molecule has 0 aliphatic heterocycles. The van der Waals surface area contributed by atoms with Crippen molar-refractivity contribution >= 4 is 0 Å². The van der Waals surface area contributed by atoms with Gasteiger partial charge in [-0.3, -0.25) is 0 Å². The zero-order valence-corrected chi connectivity index (χ0v) is 27.2. The van der Waals surface area contributed by atoms with Gasteiger partial charge in [0.05, 0.1) is 0 Å². The van der Waals surface area contributed by atoms with Gasteiger partial charge in [-0.1, -0.05) is 181 Å². The number of hydrogen-bond donors (Lipinski definition) is 0. The van der Waals surface area contributed by atoms with E-state index >= 15 is 0 Å². The Bertz CT molecular complexity index is 594. The lowest BCUT2D eigenvalue weighted by molar-refractivity contribution is -0.697. The van der Waals surface area contributed by atoms with Gasteiger partial charge < -0.3 is 0 Å². The quantitative estimate of drug-likeness (QED) is 0.0648. The molecule has 1 aromatic rings. The van der Waals surface area contributed by atoms with Crippen LogP contribution in [0.15, 0.2) is 24.5 Å². The molecule has 0 aromatic carbocycles. The van der Waals surface area contributed by atoms with Gasteiger partial charge in [-0.25, -0.2) is 4.57 Å². The van der Waals surface area contributed by atoms with Crippen molar-refractivity contribution in [1.82, 2.24) is 0 Å². The van der Waals surface area contributed by atoms with Crippen LogP contribution in [-0.4, -0.2) is 0 Å². The molecule has 228 valence electrons. The highest BCUT2D eigenvalue weighted by Crippen LogP contribution is 2.15. The maximum atomic E-state index is 2.45. The van der Waals surface area contributed by atoms with Crippen molar-refractivity contribution in [3.05, 3.63) is 30.1 Å². The highest BCUT2D eigenvalue weighted by Gasteiger charge is 2.03. The molecule has 1 heterocycles. The molecule has 0 fully saturated rings. The van der Waals surface area contributed by atoms with Crippen LogP contribution in [0.1, 0.15) is 206 Å². The first kappa shape index (κ1) is 36.2. The largest absolute Gasteiger partial charge is 0.205 e. The van der Waals surface area contributed by atoms with Crippen LogP contribution in [0.25, 0.3) is 0 Å². The van der Waals surface area contributed by atoms with Crippen LogP contribution in [0, 0.1) is 0 Å². The molecule has 0 atom stereocenters. The van der Waals surface area contributed by atoms with E-state index in [0.717, 1.165) is 0 Å². The average molecular weight is 543 g/mol. The summed E-state index contributed by atoms with van der Waals surface area (Å²) in [5.41, 5.74) is 1.54. The van der Waals surface area contributed by atoms with Crippen LogP contribution in [0.5, 0.6) is 0 Å². The predicted molar refractivity (Wildman–Crippen MR) is 176 cm³/mol. The summed E-state index contributed by atoms with van der Waals surface area (Å²) in [6, 6.07) is 4.61. The van der Waals surface area contributed by atoms with Crippen LogP contribution in [0.2, 0.25) is 0 Å². The standard InChI is InChI=1S/C38H72N/c1-3-5-7-9-11-13-15-17-19-21-23-25-27-29-31-35-39-36-32-34-38(37-39)33-30-28-26-24-22-20-18-16-14-12-10-8-6-4-2/h32,34,36-37H,3-31,33,35H2,1-2H3/q+1. The van der Waals surface area contributed by atoms with E-state index < -0.39 is 0 Å². The van der Waals surface area contributed by atoms with Crippen LogP contribution in [-0.2, 0) is 13.0 Å². The molecule has 0 saturated carbocycles. The summed E-state index contributed by atoms with van der Waals surface area (Å²) in [7, 11) is 0. The zero-order valence-electron chi connectivity index (χ0n) is 27.2. The van der Waals surface area contributed by atoms with E-state index in [4.69, 9.17) is 0 Å². The maximum absolute atomic E-state index is 2.45. The molecule has 0 bridgehead atoms. The molecule has 0 radical (unpaired) electrons. The molecule has 0 unspecified atom stereocenters. The molecule has 0 spiro atoms. The highest BCUT2D eigenvalue weighted by molar-refractivity contribution is 5.05. The summed E-state index contributed by atoms with van der Waals surface area (Å²) in [6.45, 7) is 5.81. The van der Waals surface area contributed by atoms with Crippen LogP contribution in [0.4, 0.5) is 0 Å². The first-order chi connectivity index (χ1) is 19.4. The molecule has 0 N–H and O–H groups in total. The molecule has 39 heavy (non-hydrogen) atoms. The average Bonchev–Trinajstić information content (AvgIpc) is 2.95. The van der Waals surface area contributed by atoms with Gasteiger partial charge in [0.2, 0.25) is 0 Å². The van der Waals surface area contributed by atoms with Gasteiger partial charge in [-0.15, -0.1) is 0 Å². The molecular formula is C38H72N+. The molecule has 0 aliphatic carbocycles. The smallest absolute Gasteiger partial charge is 0.171 e. The van der Waals surface area contributed by atoms with E-state index in [-0.39, 0.29) is 0 Å². The second kappa shape index (κ2) is 30.1. The Morgan fingerprint density at radius 1 is 0.410 bits per heavy atom. The topological polar surface area (TPSA) is 3.88 Å². The van der Waals surface area contributed by atoms with Crippen LogP contribution < -0.4 is 4.57 Å². The summed E-state index contributed by atoms with van der Waals surface area (Å²) in [4.78, 5) is 0. The molecule has 1 heteroatoms. The lowest BCUT2D eigenvalue weighted by Gasteiger charge is -2.04. The Balaban J connectivity index is 1.87. The molecule has 0 saturated heterocycles. The first-order valence-corrected chi connectivity index (χ1v) is 18.3. The van der Waals surface area contributed by atoms with E-state index in [1.807, 2.05) is 0 Å². The molecule has 1 aromatic heterocycles. The number of aromatic nitrogens is 1. The summed E-state index contributed by atoms with van der Waals surface area (Å²) >= 11 is 0. The third kappa shape index (κ3) is 25.8. The van der Waals surface area contributed by atoms with E-state index in [1.54, 1.807) is 0 Å². The number of rotatable bonds is 31. The fourth-order valence-corrected chi connectivity index (χ4v) is 6.05. The van der Waals surface area contributed by atoms with Crippen molar-refractivity contribution in [3.8, 4) is 0 Å². The van der Waals surface area contributed by atoms with Crippen LogP contribution >= 0.6 is 0 Å². The fraction of sp³-hybridized carbons (Fsp3) is 0.868. The van der Waals surface area contributed by atoms with Crippen molar-refractivity contribution < 1.29 is 4.57 Å². The number of unbranched alkanes of at least 4 members (excludes halogenated alkanes) is 27. The predicted octanol–water partition coefficient (Wildman–Crippen LogP) is 12.9. The molecule has 0 aliphatic rings. The van der Waals surface area contributed by atoms with Gasteiger partial charge in [0.25, 0.3) is 0 Å². The van der Waals surface area contributed by atoms with E-state index in [1.165, 1.54) is 205 Å². The van der Waals surface area contributed by atoms with E-state index in [2.05, 4.69) is 42.9 Å². The van der Waals surface area contributed by atoms with E-state index in [9.17, 15) is 0 Å². The molecule has 0 amide bonds. The van der Waals surface area contributed by atoms with Gasteiger partial charge in [0.1, 0.15) is 6.54 Å². The Morgan fingerprint density at radius 3 is 1.13 bits per heavy atom. The first-order valence-electron chi connectivity index (χ1n) is 18.3. The Labute approximate surface area is 247 Å². The SMILES string of the molecule is CCCCCCCCCCCCCCCCC[n+]1cccc(CCCCCCCCCCCCCCCC)c1. The van der Waals surface area contributed by atoms with Crippen molar-refractivity contribution in [2.24, 2.45) is 0 Å². The number of pyridine rings is 1. The molecular weight excluding hydrogens is 470 g/mol. The highest BCUT2D eigenvalue weighted by atomic mass is 14.9. The van der Waals surface area contributed by atoms with E-state index in [0.29, 0.717) is 0 Å². The number of aryl methyl sites for hydroxylation is 2. The molecule has 1 rings (SSSR count). The van der Waals surface area contributed by atoms with Crippen LogP contribution in [0.3, 0.4) is 0 Å². The van der Waals surface area contributed by atoms with Crippen molar-refractivity contribution in [3.63, 3.8) is 0 Å². The number of hydrogen-bond acceptors (Lipinski definition) is 0. The third-order valence-corrected chi connectivity index (χ3v) is 8.76. The van der Waals surface area contributed by atoms with Crippen molar-refractivity contribution in [2.45, 2.75) is 213 Å². The van der Waals surface area contributed by atoms with Gasteiger partial charge in [-0.05, 0) is 25.3 Å². The van der Waals surface area contributed by atoms with Gasteiger partial charge >= 0.3 is 0 Å². The summed E-state index contributed by atoms with van der Waals surface area (Å²) in [5, 5.41) is 0. The lowest BCUT2D eigenvalue weighted by Crippen LogP contribution is -2.33. The maximum Gasteiger partial charge on any atom is 0.171 e. The van der Waals surface area contributed by atoms with Crippen molar-refractivity contribution in [1.29, 1.82) is 0 Å². The molecule has 1 nitrogen and oxygen atoms in total. The summed E-state index contributed by atoms with van der Waals surface area (Å²) in [5.74, 6) is 0. The lowest BCUT2D eigenvalue weighted by atomic mass is 10.0. The normalized spacial score (nSPS) is 11.4. The van der Waals surface area contributed by atoms with Gasteiger partial charge in [0, 0.05) is 18.1 Å². The summed E-state index contributed by atoms with van der Waals surface area (Å²) in [6.07, 6.45) is 47.8. The van der Waals surface area contributed by atoms with Gasteiger partial charge in [0.15, 0.2) is 12.4 Å². The Hall–Kier alpha value is -0.850. The Morgan fingerprint density at radius 2 is 0.744 bits per heavy atom. The fourth-order valence-electron chi connectivity index (χ4n) is 6.05.